The first-order valence-electron chi connectivity index (χ1n) is 10.7. The Labute approximate surface area is 201 Å². The Balaban J connectivity index is 1.61. The van der Waals surface area contributed by atoms with E-state index in [9.17, 15) is 9.18 Å². The summed E-state index contributed by atoms with van der Waals surface area (Å²) in [5.41, 5.74) is 3.93. The number of rotatable bonds is 5. The van der Waals surface area contributed by atoms with Gasteiger partial charge in [0.2, 0.25) is 0 Å². The molecular formula is C26H21FN4O2S. The van der Waals surface area contributed by atoms with E-state index in [4.69, 9.17) is 17.0 Å². The van der Waals surface area contributed by atoms with E-state index < -0.39 is 0 Å². The average Bonchev–Trinajstić information content (AvgIpc) is 3.49. The highest BCUT2D eigenvalue weighted by Crippen LogP contribution is 2.42. The average molecular weight is 473 g/mol. The minimum atomic E-state index is -0.387. The summed E-state index contributed by atoms with van der Waals surface area (Å²) in [6.07, 6.45) is 3.71. The van der Waals surface area contributed by atoms with Crippen LogP contribution in [0.4, 0.5) is 10.1 Å². The lowest BCUT2D eigenvalue weighted by Crippen LogP contribution is -2.30. The molecule has 0 bridgehead atoms. The normalized spacial score (nSPS) is 17.5. The van der Waals surface area contributed by atoms with E-state index in [2.05, 4.69) is 10.3 Å². The molecule has 4 aromatic rings. The van der Waals surface area contributed by atoms with Crippen molar-refractivity contribution in [2.24, 2.45) is 0 Å². The number of ether oxygens (including phenoxy) is 1. The van der Waals surface area contributed by atoms with E-state index in [-0.39, 0.29) is 23.9 Å². The van der Waals surface area contributed by atoms with Gasteiger partial charge in [0.15, 0.2) is 5.11 Å². The van der Waals surface area contributed by atoms with Gasteiger partial charge < -0.3 is 19.5 Å². The number of carbonyl (C=O) groups excluding carboxylic acids is 1. The van der Waals surface area contributed by atoms with E-state index in [0.29, 0.717) is 10.7 Å². The maximum Gasteiger partial charge on any atom is 0.337 e. The monoisotopic (exact) mass is 472 g/mol. The Hall–Kier alpha value is -4.04. The number of methoxy groups -OCH3 is 1. The number of hydrogen-bond donors (Lipinski definition) is 1. The van der Waals surface area contributed by atoms with Gasteiger partial charge in [-0.05, 0) is 85.0 Å². The zero-order valence-electron chi connectivity index (χ0n) is 18.3. The molecule has 0 unspecified atom stereocenters. The molecule has 1 aliphatic heterocycles. The molecule has 6 nitrogen and oxygen atoms in total. The standard InChI is InChI=1S/C26H21FN4O2S/c1-33-25(32)17-7-11-19(12-8-17)30-16-4-6-22(30)24-23(21-5-2-3-15-28-21)29-26(34)31(24)20-13-9-18(27)10-14-20/h2-16,23-24H,1H3,(H,29,34)/t23-,24-/m0/s1. The van der Waals surface area contributed by atoms with Crippen LogP contribution in [0.5, 0.6) is 0 Å². The fourth-order valence-corrected chi connectivity index (χ4v) is 4.63. The zero-order valence-corrected chi connectivity index (χ0v) is 19.1. The molecule has 1 saturated heterocycles. The Bertz CT molecular complexity index is 1320. The van der Waals surface area contributed by atoms with Crippen molar-refractivity contribution >= 4 is 29.0 Å². The fraction of sp³-hybridized carbons (Fsp3) is 0.115. The highest BCUT2D eigenvalue weighted by atomic mass is 32.1. The summed E-state index contributed by atoms with van der Waals surface area (Å²) in [5, 5.41) is 3.94. The number of thiocarbonyl (C=S) groups is 1. The van der Waals surface area contributed by atoms with Crippen molar-refractivity contribution in [3.05, 3.63) is 114 Å². The van der Waals surface area contributed by atoms with Gasteiger partial charge in [0.25, 0.3) is 0 Å². The Kier molecular flexibility index (Phi) is 5.81. The minimum Gasteiger partial charge on any atom is -0.465 e. The molecule has 0 radical (unpaired) electrons. The Morgan fingerprint density at radius 3 is 2.41 bits per heavy atom. The number of carbonyl (C=O) groups is 1. The van der Waals surface area contributed by atoms with Crippen LogP contribution in [-0.2, 0) is 4.74 Å². The Morgan fingerprint density at radius 1 is 1.00 bits per heavy atom. The van der Waals surface area contributed by atoms with Crippen LogP contribution in [0.2, 0.25) is 0 Å². The molecule has 2 atom stereocenters. The molecule has 0 aliphatic carbocycles. The summed E-state index contributed by atoms with van der Waals surface area (Å²) in [4.78, 5) is 18.4. The smallest absolute Gasteiger partial charge is 0.337 e. The van der Waals surface area contributed by atoms with Gasteiger partial charge in [0, 0.05) is 29.5 Å². The van der Waals surface area contributed by atoms with Crippen molar-refractivity contribution in [2.75, 3.05) is 12.0 Å². The van der Waals surface area contributed by atoms with Gasteiger partial charge in [-0.3, -0.25) is 4.98 Å². The molecule has 3 heterocycles. The van der Waals surface area contributed by atoms with Crippen molar-refractivity contribution in [1.29, 1.82) is 0 Å². The van der Waals surface area contributed by atoms with Gasteiger partial charge in [-0.1, -0.05) is 6.07 Å². The zero-order chi connectivity index (χ0) is 23.7. The summed E-state index contributed by atoms with van der Waals surface area (Å²) < 4.78 is 20.5. The number of nitrogens with one attached hydrogen (secondary N) is 1. The van der Waals surface area contributed by atoms with Crippen LogP contribution in [0.1, 0.15) is 33.8 Å². The lowest BCUT2D eigenvalue weighted by molar-refractivity contribution is 0.0600. The maximum atomic E-state index is 13.7. The predicted octanol–water partition coefficient (Wildman–Crippen LogP) is 4.98. The first-order chi connectivity index (χ1) is 16.6. The molecule has 0 spiro atoms. The second kappa shape index (κ2) is 9.07. The molecule has 1 N–H and O–H groups in total. The summed E-state index contributed by atoms with van der Waals surface area (Å²) in [7, 11) is 1.36. The van der Waals surface area contributed by atoms with Gasteiger partial charge in [-0.2, -0.15) is 0 Å². The van der Waals surface area contributed by atoms with Gasteiger partial charge in [-0.25, -0.2) is 9.18 Å². The Morgan fingerprint density at radius 2 is 1.74 bits per heavy atom. The van der Waals surface area contributed by atoms with Crippen molar-refractivity contribution in [3.8, 4) is 5.69 Å². The second-order valence-electron chi connectivity index (χ2n) is 7.81. The van der Waals surface area contributed by atoms with Gasteiger partial charge in [-0.15, -0.1) is 0 Å². The van der Waals surface area contributed by atoms with Crippen molar-refractivity contribution in [1.82, 2.24) is 14.9 Å². The SMILES string of the molecule is COC(=O)c1ccc(-n2cccc2[C@H]2[C@H](c3ccccn3)NC(=S)N2c2ccc(F)cc2)cc1. The maximum absolute atomic E-state index is 13.7. The minimum absolute atomic E-state index is 0.234. The molecule has 2 aromatic heterocycles. The van der Waals surface area contributed by atoms with Crippen LogP contribution >= 0.6 is 12.2 Å². The predicted molar refractivity (Wildman–Crippen MR) is 131 cm³/mol. The number of hydrogen-bond acceptors (Lipinski definition) is 4. The number of benzene rings is 2. The van der Waals surface area contributed by atoms with Crippen LogP contribution in [-0.4, -0.2) is 27.7 Å². The third-order valence-corrected chi connectivity index (χ3v) is 6.17. The van der Waals surface area contributed by atoms with Crippen LogP contribution < -0.4 is 10.2 Å². The van der Waals surface area contributed by atoms with E-state index in [1.54, 1.807) is 30.5 Å². The quantitative estimate of drug-likeness (QED) is 0.327. The van der Waals surface area contributed by atoms with Crippen molar-refractivity contribution < 1.29 is 13.9 Å². The van der Waals surface area contributed by atoms with Crippen LogP contribution in [0, 0.1) is 5.82 Å². The first kappa shape index (κ1) is 21.8. The molecule has 0 saturated carbocycles. The number of pyridine rings is 1. The highest BCUT2D eigenvalue weighted by molar-refractivity contribution is 7.80. The number of nitrogens with zero attached hydrogens (tertiary/aromatic N) is 3. The summed E-state index contributed by atoms with van der Waals surface area (Å²) >= 11 is 5.74. The molecule has 2 aromatic carbocycles. The topological polar surface area (TPSA) is 59.4 Å². The van der Waals surface area contributed by atoms with Crippen molar-refractivity contribution in [3.63, 3.8) is 0 Å². The van der Waals surface area contributed by atoms with Crippen LogP contribution in [0.15, 0.2) is 91.3 Å². The second-order valence-corrected chi connectivity index (χ2v) is 8.20. The van der Waals surface area contributed by atoms with E-state index in [0.717, 1.165) is 22.8 Å². The largest absolute Gasteiger partial charge is 0.465 e. The molecule has 170 valence electrons. The third kappa shape index (κ3) is 3.92. The highest BCUT2D eigenvalue weighted by Gasteiger charge is 2.42. The van der Waals surface area contributed by atoms with Gasteiger partial charge in [0.1, 0.15) is 11.9 Å². The molecule has 1 fully saturated rings. The molecule has 5 rings (SSSR count). The van der Waals surface area contributed by atoms with E-state index in [1.807, 2.05) is 58.1 Å². The molecule has 0 amide bonds. The van der Waals surface area contributed by atoms with E-state index >= 15 is 0 Å². The summed E-state index contributed by atoms with van der Waals surface area (Å²) in [6, 6.07) is 22.8. The molecule has 8 heteroatoms. The van der Waals surface area contributed by atoms with Gasteiger partial charge >= 0.3 is 5.97 Å². The van der Waals surface area contributed by atoms with Crippen LogP contribution in [0.3, 0.4) is 0 Å². The first-order valence-corrected chi connectivity index (χ1v) is 11.1. The third-order valence-electron chi connectivity index (χ3n) is 5.85. The van der Waals surface area contributed by atoms with Crippen molar-refractivity contribution in [2.45, 2.75) is 12.1 Å². The number of halogens is 1. The molecular weight excluding hydrogens is 451 g/mol. The lowest BCUT2D eigenvalue weighted by Gasteiger charge is -2.29. The molecule has 34 heavy (non-hydrogen) atoms. The fourth-order valence-electron chi connectivity index (χ4n) is 4.28. The summed E-state index contributed by atoms with van der Waals surface area (Å²) in [5.74, 6) is -0.698. The van der Waals surface area contributed by atoms with Crippen LogP contribution in [0.25, 0.3) is 5.69 Å². The lowest BCUT2D eigenvalue weighted by atomic mass is 10.0. The number of aromatic nitrogens is 2. The van der Waals surface area contributed by atoms with Gasteiger partial charge in [0.05, 0.1) is 24.4 Å². The van der Waals surface area contributed by atoms with E-state index in [1.165, 1.54) is 19.2 Å². The number of esters is 1. The number of anilines is 1. The summed E-state index contributed by atoms with van der Waals surface area (Å²) in [6.45, 7) is 0. The molecule has 1 aliphatic rings.